The summed E-state index contributed by atoms with van der Waals surface area (Å²) in [6, 6.07) is 3.36. The van der Waals surface area contributed by atoms with Gasteiger partial charge in [-0.05, 0) is 12.5 Å². The molecule has 1 heterocycles. The van der Waals surface area contributed by atoms with Crippen molar-refractivity contribution >= 4 is 8.07 Å². The zero-order chi connectivity index (χ0) is 6.20. The summed E-state index contributed by atoms with van der Waals surface area (Å²) in [5, 5.41) is 0. The van der Waals surface area contributed by atoms with E-state index >= 15 is 0 Å². The monoisotopic (exact) mass is 129 g/mol. The molecule has 0 aromatic rings. The molecule has 1 atom stereocenters. The van der Waals surface area contributed by atoms with Crippen molar-refractivity contribution in [2.24, 2.45) is 5.73 Å². The molecule has 8 heavy (non-hydrogen) atoms. The first-order valence-electron chi connectivity index (χ1n) is 3.36. The Labute approximate surface area is 52.3 Å². The van der Waals surface area contributed by atoms with Crippen LogP contribution < -0.4 is 5.73 Å². The summed E-state index contributed by atoms with van der Waals surface area (Å²) in [5.41, 5.74) is 5.75. The Morgan fingerprint density at radius 2 is 2.12 bits per heavy atom. The minimum absolute atomic E-state index is 0.552. The Morgan fingerprint density at radius 3 is 2.25 bits per heavy atom. The first kappa shape index (κ1) is 6.30. The molecule has 0 unspecified atom stereocenters. The van der Waals surface area contributed by atoms with E-state index < -0.39 is 8.07 Å². The molecule has 1 fully saturated rings. The minimum atomic E-state index is -0.728. The molecule has 1 rings (SSSR count). The molecule has 0 amide bonds. The molecule has 0 aromatic heterocycles. The van der Waals surface area contributed by atoms with Crippen LogP contribution in [0, 0.1) is 0 Å². The predicted octanol–water partition coefficient (Wildman–Crippen LogP) is 1.43. The smallest absolute Gasteiger partial charge is 0.0489 e. The van der Waals surface area contributed by atoms with Crippen molar-refractivity contribution in [3.8, 4) is 0 Å². The highest BCUT2D eigenvalue weighted by Crippen LogP contribution is 2.28. The van der Waals surface area contributed by atoms with Gasteiger partial charge < -0.3 is 5.73 Å². The summed E-state index contributed by atoms with van der Waals surface area (Å²) in [7, 11) is -0.728. The number of nitrogens with two attached hydrogens (primary N) is 1. The van der Waals surface area contributed by atoms with Crippen LogP contribution in [0.5, 0.6) is 0 Å². The van der Waals surface area contributed by atoms with Gasteiger partial charge in [0.1, 0.15) is 0 Å². The van der Waals surface area contributed by atoms with Gasteiger partial charge in [-0.3, -0.25) is 0 Å². The van der Waals surface area contributed by atoms with Gasteiger partial charge in [0.2, 0.25) is 0 Å². The molecular formula is C6H15NSi. The Bertz CT molecular complexity index is 90.5. The Morgan fingerprint density at radius 1 is 1.50 bits per heavy atom. The van der Waals surface area contributed by atoms with Crippen LogP contribution in [0.15, 0.2) is 0 Å². The molecule has 1 nitrogen and oxygen atoms in total. The normalized spacial score (nSPS) is 35.6. The molecule has 0 saturated carbocycles. The SMILES string of the molecule is C[Si]1(C)CC[C@H](N)C1. The molecule has 0 aliphatic carbocycles. The van der Waals surface area contributed by atoms with Crippen molar-refractivity contribution < 1.29 is 0 Å². The van der Waals surface area contributed by atoms with E-state index in [1.807, 2.05) is 0 Å². The summed E-state index contributed by atoms with van der Waals surface area (Å²) in [4.78, 5) is 0. The van der Waals surface area contributed by atoms with Gasteiger partial charge in [0.25, 0.3) is 0 Å². The highest BCUT2D eigenvalue weighted by Gasteiger charge is 2.30. The maximum Gasteiger partial charge on any atom is 0.0489 e. The van der Waals surface area contributed by atoms with Gasteiger partial charge in [-0.15, -0.1) is 0 Å². The quantitative estimate of drug-likeness (QED) is 0.492. The fourth-order valence-corrected chi connectivity index (χ4v) is 4.47. The first-order valence-corrected chi connectivity index (χ1v) is 6.77. The molecule has 0 radical (unpaired) electrons. The van der Waals surface area contributed by atoms with E-state index in [1.165, 1.54) is 18.5 Å². The molecule has 2 N–H and O–H groups in total. The van der Waals surface area contributed by atoms with E-state index in [2.05, 4.69) is 13.1 Å². The third-order valence-electron chi connectivity index (χ3n) is 2.01. The van der Waals surface area contributed by atoms with E-state index in [0.29, 0.717) is 6.04 Å². The maximum atomic E-state index is 5.75. The van der Waals surface area contributed by atoms with Gasteiger partial charge in [0, 0.05) is 14.1 Å². The predicted molar refractivity (Wildman–Crippen MR) is 39.7 cm³/mol. The molecule has 1 saturated heterocycles. The Hall–Kier alpha value is 0.177. The number of hydrogen-bond acceptors (Lipinski definition) is 1. The Balaban J connectivity index is 2.44. The summed E-state index contributed by atoms with van der Waals surface area (Å²) in [5.74, 6) is 0. The lowest BCUT2D eigenvalue weighted by Crippen LogP contribution is -2.23. The average molecular weight is 129 g/mol. The van der Waals surface area contributed by atoms with E-state index in [9.17, 15) is 0 Å². The lowest BCUT2D eigenvalue weighted by Gasteiger charge is -2.11. The van der Waals surface area contributed by atoms with Gasteiger partial charge in [-0.25, -0.2) is 0 Å². The molecule has 0 spiro atoms. The average Bonchev–Trinajstić information content (AvgIpc) is 1.82. The zero-order valence-corrected chi connectivity index (χ0v) is 6.78. The van der Waals surface area contributed by atoms with Crippen LogP contribution in [0.4, 0.5) is 0 Å². The summed E-state index contributed by atoms with van der Waals surface area (Å²) in [6.45, 7) is 4.86. The molecular weight excluding hydrogens is 114 g/mol. The van der Waals surface area contributed by atoms with Gasteiger partial charge in [0.15, 0.2) is 0 Å². The third-order valence-corrected chi connectivity index (χ3v) is 5.28. The van der Waals surface area contributed by atoms with Crippen LogP contribution in [0.1, 0.15) is 6.42 Å². The number of hydrogen-bond donors (Lipinski definition) is 1. The van der Waals surface area contributed by atoms with Crippen LogP contribution in [0.25, 0.3) is 0 Å². The van der Waals surface area contributed by atoms with Crippen LogP contribution in [-0.2, 0) is 0 Å². The second-order valence-electron chi connectivity index (χ2n) is 3.67. The van der Waals surface area contributed by atoms with E-state index in [4.69, 9.17) is 5.73 Å². The van der Waals surface area contributed by atoms with Crippen molar-refractivity contribution in [3.63, 3.8) is 0 Å². The topological polar surface area (TPSA) is 26.0 Å². The van der Waals surface area contributed by atoms with Gasteiger partial charge in [0.05, 0.1) is 0 Å². The van der Waals surface area contributed by atoms with Crippen LogP contribution in [0.2, 0.25) is 25.2 Å². The highest BCUT2D eigenvalue weighted by molar-refractivity contribution is 6.78. The molecule has 0 bridgehead atoms. The highest BCUT2D eigenvalue weighted by atomic mass is 28.3. The van der Waals surface area contributed by atoms with Gasteiger partial charge in [-0.1, -0.05) is 19.1 Å². The summed E-state index contributed by atoms with van der Waals surface area (Å²) in [6.07, 6.45) is 1.29. The van der Waals surface area contributed by atoms with Crippen LogP contribution in [0.3, 0.4) is 0 Å². The molecule has 1 aliphatic heterocycles. The second kappa shape index (κ2) is 1.85. The zero-order valence-electron chi connectivity index (χ0n) is 5.78. The van der Waals surface area contributed by atoms with Crippen molar-refractivity contribution in [3.05, 3.63) is 0 Å². The lowest BCUT2D eigenvalue weighted by atomic mass is 10.3. The van der Waals surface area contributed by atoms with Crippen molar-refractivity contribution in [1.29, 1.82) is 0 Å². The largest absolute Gasteiger partial charge is 0.328 e. The van der Waals surface area contributed by atoms with Crippen molar-refractivity contribution in [1.82, 2.24) is 0 Å². The third kappa shape index (κ3) is 1.33. The fraction of sp³-hybridized carbons (Fsp3) is 1.00. The van der Waals surface area contributed by atoms with Gasteiger partial charge in [-0.2, -0.15) is 0 Å². The van der Waals surface area contributed by atoms with Crippen LogP contribution >= 0.6 is 0 Å². The number of rotatable bonds is 0. The summed E-state index contributed by atoms with van der Waals surface area (Å²) < 4.78 is 0. The second-order valence-corrected chi connectivity index (χ2v) is 8.90. The molecule has 48 valence electrons. The molecule has 1 aliphatic rings. The molecule has 2 heteroatoms. The lowest BCUT2D eigenvalue weighted by molar-refractivity contribution is 0.749. The van der Waals surface area contributed by atoms with Crippen LogP contribution in [-0.4, -0.2) is 14.1 Å². The van der Waals surface area contributed by atoms with Crippen molar-refractivity contribution in [2.75, 3.05) is 0 Å². The first-order chi connectivity index (χ1) is 3.60. The minimum Gasteiger partial charge on any atom is -0.328 e. The Kier molecular flexibility index (Phi) is 1.45. The van der Waals surface area contributed by atoms with Gasteiger partial charge >= 0.3 is 0 Å². The van der Waals surface area contributed by atoms with Crippen molar-refractivity contribution in [2.45, 2.75) is 37.6 Å². The van der Waals surface area contributed by atoms with E-state index in [-0.39, 0.29) is 0 Å². The molecule has 0 aromatic carbocycles. The standard InChI is InChI=1S/C6H15NSi/c1-8(2)4-3-6(7)5-8/h6H,3-5,7H2,1-2H3/t6-/m0/s1. The fourth-order valence-electron chi connectivity index (χ4n) is 1.49. The van der Waals surface area contributed by atoms with E-state index in [0.717, 1.165) is 0 Å². The van der Waals surface area contributed by atoms with E-state index in [1.54, 1.807) is 0 Å². The maximum absolute atomic E-state index is 5.75. The summed E-state index contributed by atoms with van der Waals surface area (Å²) >= 11 is 0.